The van der Waals surface area contributed by atoms with Gasteiger partial charge in [0.25, 0.3) is 0 Å². The molecule has 16 heavy (non-hydrogen) atoms. The van der Waals surface area contributed by atoms with E-state index in [2.05, 4.69) is 30.0 Å². The molecule has 0 amide bonds. The minimum atomic E-state index is -1.10. The first-order valence-electron chi connectivity index (χ1n) is 5.10. The highest BCUT2D eigenvalue weighted by molar-refractivity contribution is 6.76. The van der Waals surface area contributed by atoms with Crippen molar-refractivity contribution in [3.05, 3.63) is 11.9 Å². The third kappa shape index (κ3) is 4.11. The molecule has 0 saturated heterocycles. The predicted molar refractivity (Wildman–Crippen MR) is 61.1 cm³/mol. The molecule has 1 aromatic heterocycles. The Bertz CT molecular complexity index is 359. The van der Waals surface area contributed by atoms with Crippen molar-refractivity contribution in [3.63, 3.8) is 0 Å². The molecule has 0 aliphatic rings. The summed E-state index contributed by atoms with van der Waals surface area (Å²) in [5, 5.41) is 16.0. The average molecular weight is 243 g/mol. The predicted octanol–water partition coefficient (Wildman–Crippen LogP) is 1.29. The fraction of sp³-hybridized carbons (Fsp3) is 0.667. The fourth-order valence-corrected chi connectivity index (χ4v) is 1.80. The number of carboxylic acids is 1. The summed E-state index contributed by atoms with van der Waals surface area (Å²) in [6.07, 6.45) is 1.21. The van der Waals surface area contributed by atoms with E-state index < -0.39 is 14.0 Å². The van der Waals surface area contributed by atoms with Gasteiger partial charge in [0.05, 0.1) is 6.20 Å². The van der Waals surface area contributed by atoms with Crippen molar-refractivity contribution < 1.29 is 14.6 Å². The minimum Gasteiger partial charge on any atom is -0.476 e. The van der Waals surface area contributed by atoms with Crippen LogP contribution >= 0.6 is 0 Å². The third-order valence-electron chi connectivity index (χ3n) is 2.05. The average Bonchev–Trinajstić information content (AvgIpc) is 2.58. The smallest absolute Gasteiger partial charge is 0.355 e. The van der Waals surface area contributed by atoms with Gasteiger partial charge in [0.15, 0.2) is 5.69 Å². The molecule has 1 N–H and O–H groups in total. The normalized spacial score (nSPS) is 11.7. The monoisotopic (exact) mass is 243 g/mol. The van der Waals surface area contributed by atoms with Crippen LogP contribution in [0, 0.1) is 0 Å². The molecule has 0 saturated carbocycles. The van der Waals surface area contributed by atoms with Crippen molar-refractivity contribution in [1.82, 2.24) is 15.0 Å². The lowest BCUT2D eigenvalue weighted by molar-refractivity contribution is 0.0587. The van der Waals surface area contributed by atoms with E-state index in [-0.39, 0.29) is 12.4 Å². The van der Waals surface area contributed by atoms with Crippen molar-refractivity contribution in [2.75, 3.05) is 6.61 Å². The Morgan fingerprint density at radius 1 is 1.56 bits per heavy atom. The van der Waals surface area contributed by atoms with Gasteiger partial charge in [-0.2, -0.15) is 0 Å². The van der Waals surface area contributed by atoms with Crippen LogP contribution in [0.25, 0.3) is 0 Å². The maximum Gasteiger partial charge on any atom is 0.355 e. The molecule has 0 spiro atoms. The lowest BCUT2D eigenvalue weighted by Gasteiger charge is -2.15. The van der Waals surface area contributed by atoms with Crippen LogP contribution in [0.5, 0.6) is 0 Å². The molecule has 0 bridgehead atoms. The summed E-state index contributed by atoms with van der Waals surface area (Å²) in [5.74, 6) is -1.04. The van der Waals surface area contributed by atoms with Crippen LogP contribution < -0.4 is 0 Å². The second-order valence-corrected chi connectivity index (χ2v) is 10.4. The lowest BCUT2D eigenvalue weighted by Crippen LogP contribution is -2.22. The van der Waals surface area contributed by atoms with Gasteiger partial charge in [0, 0.05) is 14.7 Å². The molecular formula is C9H17N3O3Si. The highest BCUT2D eigenvalue weighted by atomic mass is 28.3. The molecule has 1 rings (SSSR count). The maximum atomic E-state index is 10.7. The Hall–Kier alpha value is -1.21. The Kier molecular flexibility index (Phi) is 4.19. The van der Waals surface area contributed by atoms with Gasteiger partial charge in [-0.3, -0.25) is 0 Å². The van der Waals surface area contributed by atoms with Crippen molar-refractivity contribution >= 4 is 14.0 Å². The van der Waals surface area contributed by atoms with Crippen LogP contribution in [0.15, 0.2) is 6.20 Å². The number of hydrogen-bond acceptors (Lipinski definition) is 4. The van der Waals surface area contributed by atoms with E-state index in [1.807, 2.05) is 0 Å². The Morgan fingerprint density at radius 3 is 2.81 bits per heavy atom. The summed E-state index contributed by atoms with van der Waals surface area (Å²) >= 11 is 0. The number of ether oxygens (including phenoxy) is 1. The molecule has 90 valence electrons. The van der Waals surface area contributed by atoms with Gasteiger partial charge in [-0.1, -0.05) is 24.9 Å². The number of aromatic nitrogens is 3. The Labute approximate surface area is 95.2 Å². The van der Waals surface area contributed by atoms with E-state index in [1.165, 1.54) is 10.9 Å². The second-order valence-electron chi connectivity index (χ2n) is 4.77. The Morgan fingerprint density at radius 2 is 2.25 bits per heavy atom. The first-order chi connectivity index (χ1) is 7.40. The molecule has 0 aliphatic heterocycles. The van der Waals surface area contributed by atoms with Gasteiger partial charge in [-0.05, 0) is 6.04 Å². The topological polar surface area (TPSA) is 77.2 Å². The Balaban J connectivity index is 2.38. The fourth-order valence-electron chi connectivity index (χ4n) is 1.05. The van der Waals surface area contributed by atoms with Crippen molar-refractivity contribution in [3.8, 4) is 0 Å². The quantitative estimate of drug-likeness (QED) is 0.601. The van der Waals surface area contributed by atoms with Crippen LogP contribution in [-0.2, 0) is 11.5 Å². The zero-order valence-electron chi connectivity index (χ0n) is 9.80. The molecule has 0 unspecified atom stereocenters. The van der Waals surface area contributed by atoms with Crippen LogP contribution in [-0.4, -0.2) is 40.8 Å². The molecule has 1 heterocycles. The van der Waals surface area contributed by atoms with Crippen LogP contribution in [0.4, 0.5) is 0 Å². The van der Waals surface area contributed by atoms with Crippen LogP contribution in [0.2, 0.25) is 25.7 Å². The standard InChI is InChI=1S/C9H17N3O3Si/c1-16(2,3)5-4-15-7-12-8(9(13)14)6-10-11-12/h6H,4-5,7H2,1-3H3,(H,13,14). The van der Waals surface area contributed by atoms with Gasteiger partial charge in [-0.25, -0.2) is 9.48 Å². The molecule has 0 radical (unpaired) electrons. The van der Waals surface area contributed by atoms with Gasteiger partial charge >= 0.3 is 5.97 Å². The summed E-state index contributed by atoms with van der Waals surface area (Å²) in [7, 11) is -1.10. The largest absolute Gasteiger partial charge is 0.476 e. The molecule has 0 aliphatic carbocycles. The van der Waals surface area contributed by atoms with Gasteiger partial charge in [0.1, 0.15) is 6.73 Å². The summed E-state index contributed by atoms with van der Waals surface area (Å²) in [6, 6.07) is 1.05. The lowest BCUT2D eigenvalue weighted by atomic mass is 10.5. The van der Waals surface area contributed by atoms with E-state index in [4.69, 9.17) is 9.84 Å². The van der Waals surface area contributed by atoms with E-state index in [1.54, 1.807) is 0 Å². The summed E-state index contributed by atoms with van der Waals surface area (Å²) in [5.41, 5.74) is 0.0491. The summed E-state index contributed by atoms with van der Waals surface area (Å²) in [6.45, 7) is 7.55. The van der Waals surface area contributed by atoms with E-state index in [9.17, 15) is 4.79 Å². The molecule has 6 nitrogen and oxygen atoms in total. The van der Waals surface area contributed by atoms with Crippen molar-refractivity contribution in [2.24, 2.45) is 0 Å². The molecule has 0 fully saturated rings. The first-order valence-corrected chi connectivity index (χ1v) is 8.80. The third-order valence-corrected chi connectivity index (χ3v) is 3.75. The molecule has 7 heteroatoms. The first kappa shape index (κ1) is 12.9. The van der Waals surface area contributed by atoms with Crippen LogP contribution in [0.3, 0.4) is 0 Å². The maximum absolute atomic E-state index is 10.7. The van der Waals surface area contributed by atoms with E-state index >= 15 is 0 Å². The van der Waals surface area contributed by atoms with E-state index in [0.717, 1.165) is 6.04 Å². The van der Waals surface area contributed by atoms with Crippen LogP contribution in [0.1, 0.15) is 10.5 Å². The summed E-state index contributed by atoms with van der Waals surface area (Å²) < 4.78 is 6.62. The SMILES string of the molecule is C[Si](C)(C)CCOCn1nncc1C(=O)O. The second kappa shape index (κ2) is 5.22. The molecule has 0 atom stereocenters. The highest BCUT2D eigenvalue weighted by Crippen LogP contribution is 2.08. The molecule has 0 aromatic carbocycles. The molecular weight excluding hydrogens is 226 g/mol. The zero-order valence-corrected chi connectivity index (χ0v) is 10.8. The number of carbonyl (C=O) groups is 1. The minimum absolute atomic E-state index is 0.0491. The summed E-state index contributed by atoms with van der Waals surface area (Å²) in [4.78, 5) is 10.7. The van der Waals surface area contributed by atoms with Gasteiger partial charge in [-0.15, -0.1) is 5.10 Å². The number of carboxylic acid groups (broad SMARTS) is 1. The highest BCUT2D eigenvalue weighted by Gasteiger charge is 2.14. The van der Waals surface area contributed by atoms with Crippen molar-refractivity contribution in [2.45, 2.75) is 32.4 Å². The van der Waals surface area contributed by atoms with Gasteiger partial charge < -0.3 is 9.84 Å². The van der Waals surface area contributed by atoms with E-state index in [0.29, 0.717) is 6.61 Å². The number of hydrogen-bond donors (Lipinski definition) is 1. The number of aromatic carboxylic acids is 1. The van der Waals surface area contributed by atoms with Gasteiger partial charge in [0.2, 0.25) is 0 Å². The molecule has 1 aromatic rings. The number of nitrogens with zero attached hydrogens (tertiary/aromatic N) is 3. The zero-order chi connectivity index (χ0) is 12.2. The van der Waals surface area contributed by atoms with Crippen molar-refractivity contribution in [1.29, 1.82) is 0 Å². The number of rotatable bonds is 6.